The van der Waals surface area contributed by atoms with Crippen LogP contribution < -0.4 is 0 Å². The van der Waals surface area contributed by atoms with Gasteiger partial charge < -0.3 is 5.11 Å². The molecule has 2 nitrogen and oxygen atoms in total. The summed E-state index contributed by atoms with van der Waals surface area (Å²) in [7, 11) is 9.87. The van der Waals surface area contributed by atoms with E-state index in [1.807, 2.05) is 6.21 Å². The molecule has 6 rings (SSSR count). The van der Waals surface area contributed by atoms with E-state index in [2.05, 4.69) is 100 Å². The minimum atomic E-state index is -0.826. The topological polar surface area (TPSA) is 32.6 Å². The number of rotatable bonds is 6. The van der Waals surface area contributed by atoms with Crippen molar-refractivity contribution in [1.29, 1.82) is 0 Å². The summed E-state index contributed by atoms with van der Waals surface area (Å²) < 4.78 is 0. The Balaban J connectivity index is 0.00000128. The number of hydrogen-bond acceptors (Lipinski definition) is 2. The fraction of sp³-hybridized carbons (Fsp3) is 0.575. The number of halogens is 2. The molecule has 0 spiro atoms. The Kier molecular flexibility index (Phi) is 12.2. The van der Waals surface area contributed by atoms with Gasteiger partial charge in [-0.15, -0.1) is 0 Å². The number of phenolic OH excluding ortho intramolecular Hbond substituents is 1. The molecule has 0 amide bonds. The van der Waals surface area contributed by atoms with Crippen molar-refractivity contribution >= 4 is 23.2 Å². The third kappa shape index (κ3) is 8.05. The van der Waals surface area contributed by atoms with Gasteiger partial charge in [-0.3, -0.25) is 4.99 Å². The van der Waals surface area contributed by atoms with Gasteiger partial charge in [-0.05, 0) is 90.6 Å². The Bertz CT molecular complexity index is 1350. The van der Waals surface area contributed by atoms with Crippen LogP contribution >= 0.6 is 17.0 Å². The van der Waals surface area contributed by atoms with Crippen molar-refractivity contribution in [3.05, 3.63) is 77.4 Å². The second-order valence-electron chi connectivity index (χ2n) is 15.2. The summed E-state index contributed by atoms with van der Waals surface area (Å²) in [6.07, 6.45) is 33.5. The van der Waals surface area contributed by atoms with Crippen LogP contribution in [0.4, 0.5) is 0 Å². The number of fused-ring (bicyclic) bond motifs is 3. The number of nitrogens with zero attached hydrogens (tertiary/aromatic N) is 1. The minimum absolute atomic E-state index is 0.168. The van der Waals surface area contributed by atoms with E-state index in [-0.39, 0.29) is 10.8 Å². The Labute approximate surface area is 291 Å². The van der Waals surface area contributed by atoms with Gasteiger partial charge in [0.2, 0.25) is 0 Å². The van der Waals surface area contributed by atoms with E-state index in [4.69, 9.17) is 22.0 Å². The Morgan fingerprint density at radius 3 is 1.93 bits per heavy atom. The van der Waals surface area contributed by atoms with Gasteiger partial charge >= 0.3 is 37.9 Å². The molecule has 1 aromatic rings. The first-order valence-corrected chi connectivity index (χ1v) is 23.6. The fourth-order valence-corrected chi connectivity index (χ4v) is 9.27. The van der Waals surface area contributed by atoms with E-state index in [0.29, 0.717) is 41.4 Å². The molecule has 5 aliphatic rings. The van der Waals surface area contributed by atoms with Crippen molar-refractivity contribution in [3.63, 3.8) is 0 Å². The Hall–Kier alpha value is -1.33. The summed E-state index contributed by atoms with van der Waals surface area (Å²) in [4.78, 5) is 4.85. The molecule has 5 aliphatic carbocycles. The van der Waals surface area contributed by atoms with E-state index < -0.39 is 20.8 Å². The SMILES string of the molecule is CC(C)(C)c1cc(C#CCCC(C)(C2CCCC2)C2C3C=CC=CC3C3C=CC=CC32)cc(C=NC2CCCC2)c1O.[Cl][Zr][Cl]. The second kappa shape index (κ2) is 15.7. The molecular weight excluding hydrogens is 673 g/mol. The summed E-state index contributed by atoms with van der Waals surface area (Å²) in [5.74, 6) is 11.4. The molecule has 0 saturated heterocycles. The van der Waals surface area contributed by atoms with Crippen LogP contribution in [-0.4, -0.2) is 17.4 Å². The maximum atomic E-state index is 11.2. The van der Waals surface area contributed by atoms with E-state index in [0.717, 1.165) is 48.3 Å². The molecule has 3 fully saturated rings. The van der Waals surface area contributed by atoms with Crippen LogP contribution in [-0.2, 0) is 26.3 Å². The Morgan fingerprint density at radius 1 is 0.844 bits per heavy atom. The predicted molar refractivity (Wildman–Crippen MR) is 189 cm³/mol. The molecule has 0 radical (unpaired) electrons. The molecule has 1 N–H and O–H groups in total. The van der Waals surface area contributed by atoms with Crippen LogP contribution in [0.2, 0.25) is 0 Å². The zero-order chi connectivity index (χ0) is 32.0. The van der Waals surface area contributed by atoms with Crippen molar-refractivity contribution in [2.45, 2.75) is 103 Å². The number of aromatic hydroxyl groups is 1. The van der Waals surface area contributed by atoms with Crippen LogP contribution in [0.3, 0.4) is 0 Å². The summed E-state index contributed by atoms with van der Waals surface area (Å²) in [5.41, 5.74) is 2.86. The predicted octanol–water partition coefficient (Wildman–Crippen LogP) is 11.1. The average molecular weight is 724 g/mol. The first-order valence-electron chi connectivity index (χ1n) is 17.2. The van der Waals surface area contributed by atoms with Crippen molar-refractivity contribution < 1.29 is 26.0 Å². The second-order valence-corrected chi connectivity index (χ2v) is 18.9. The molecule has 0 aliphatic heterocycles. The normalized spacial score (nSPS) is 28.7. The monoisotopic (exact) mass is 721 g/mol. The standard InChI is InChI=1S/C40H51NO.2ClH.Zr/c1-39(2,3)36-26-28(25-29(38(36)42)27-41-31-18-7-8-19-31)15-13-14-24-40(4,30-16-5-6-17-30)37-34-22-11-9-20-32(34)33-21-10-12-23-35(33)37;;;/h9-12,20-23,25-27,30-35,37,42H,5-8,14,16-19,24H2,1-4H3;2*1H;/q;;;+2/p-2. The van der Waals surface area contributed by atoms with Gasteiger partial charge in [0, 0.05) is 35.4 Å². The van der Waals surface area contributed by atoms with Gasteiger partial charge in [0.25, 0.3) is 0 Å². The summed E-state index contributed by atoms with van der Waals surface area (Å²) in [6, 6.07) is 4.55. The van der Waals surface area contributed by atoms with Gasteiger partial charge in [0.05, 0.1) is 0 Å². The molecule has 5 atom stereocenters. The first kappa shape index (κ1) is 35.0. The van der Waals surface area contributed by atoms with Gasteiger partial charge in [-0.1, -0.05) is 114 Å². The molecule has 5 heteroatoms. The molecule has 0 bridgehead atoms. The number of phenols is 1. The molecule has 240 valence electrons. The summed E-state index contributed by atoms with van der Waals surface area (Å²) in [6.45, 7) is 9.12. The van der Waals surface area contributed by atoms with Crippen LogP contribution in [0.5, 0.6) is 5.75 Å². The van der Waals surface area contributed by atoms with Crippen LogP contribution in [0.1, 0.15) is 109 Å². The van der Waals surface area contributed by atoms with Gasteiger partial charge in [-0.2, -0.15) is 0 Å². The Morgan fingerprint density at radius 2 is 1.38 bits per heavy atom. The number of hydrogen-bond donors (Lipinski definition) is 1. The number of allylic oxidation sites excluding steroid dienone is 8. The van der Waals surface area contributed by atoms with Crippen LogP contribution in [0.15, 0.2) is 65.7 Å². The van der Waals surface area contributed by atoms with Crippen molar-refractivity contribution in [2.75, 3.05) is 0 Å². The molecule has 0 aromatic heterocycles. The van der Waals surface area contributed by atoms with E-state index in [9.17, 15) is 5.11 Å². The van der Waals surface area contributed by atoms with Crippen LogP contribution in [0.25, 0.3) is 0 Å². The molecule has 1 aromatic carbocycles. The zero-order valence-corrected chi connectivity index (χ0v) is 31.6. The fourth-order valence-electron chi connectivity index (χ4n) is 9.27. The van der Waals surface area contributed by atoms with Crippen molar-refractivity contribution in [3.8, 4) is 17.6 Å². The summed E-state index contributed by atoms with van der Waals surface area (Å²) >= 11 is -0.826. The third-order valence-electron chi connectivity index (χ3n) is 11.5. The zero-order valence-electron chi connectivity index (χ0n) is 27.6. The first-order chi connectivity index (χ1) is 21.7. The quantitative estimate of drug-likeness (QED) is 0.230. The van der Waals surface area contributed by atoms with Crippen LogP contribution in [0, 0.1) is 52.8 Å². The van der Waals surface area contributed by atoms with Gasteiger partial charge in [-0.25, -0.2) is 0 Å². The van der Waals surface area contributed by atoms with Crippen molar-refractivity contribution in [2.24, 2.45) is 45.9 Å². The number of benzene rings is 1. The molecular formula is C40H51Cl2NOZr. The van der Waals surface area contributed by atoms with Gasteiger partial charge in [0.1, 0.15) is 5.75 Å². The maximum absolute atomic E-state index is 11.2. The molecule has 5 unspecified atom stereocenters. The van der Waals surface area contributed by atoms with E-state index in [1.54, 1.807) is 0 Å². The molecule has 3 saturated carbocycles. The third-order valence-corrected chi connectivity index (χ3v) is 11.5. The summed E-state index contributed by atoms with van der Waals surface area (Å²) in [5, 5.41) is 11.2. The number of aliphatic imine (C=N–C) groups is 1. The molecule has 45 heavy (non-hydrogen) atoms. The van der Waals surface area contributed by atoms with E-state index >= 15 is 0 Å². The molecule has 0 heterocycles. The van der Waals surface area contributed by atoms with Gasteiger partial charge in [0.15, 0.2) is 0 Å². The van der Waals surface area contributed by atoms with Crippen molar-refractivity contribution in [1.82, 2.24) is 0 Å². The average Bonchev–Trinajstić information content (AvgIpc) is 3.80. The van der Waals surface area contributed by atoms with E-state index in [1.165, 1.54) is 38.5 Å².